The van der Waals surface area contributed by atoms with E-state index >= 15 is 0 Å². The summed E-state index contributed by atoms with van der Waals surface area (Å²) in [5.41, 5.74) is 0. The fourth-order valence-electron chi connectivity index (χ4n) is 2.67. The summed E-state index contributed by atoms with van der Waals surface area (Å²) >= 11 is 5.44. The average molecular weight is 303 g/mol. The van der Waals surface area contributed by atoms with Gasteiger partial charge in [0.2, 0.25) is 0 Å². The van der Waals surface area contributed by atoms with Crippen molar-refractivity contribution in [2.45, 2.75) is 18.9 Å². The normalized spacial score (nSPS) is 27.2. The van der Waals surface area contributed by atoms with Gasteiger partial charge in [0.05, 0.1) is 3.79 Å². The van der Waals surface area contributed by atoms with Gasteiger partial charge in [-0.1, -0.05) is 0 Å². The van der Waals surface area contributed by atoms with Crippen molar-refractivity contribution in [3.8, 4) is 0 Å². The monoisotopic (exact) mass is 302 g/mol. The number of rotatable bonds is 3. The second-order valence-electron chi connectivity index (χ2n) is 4.53. The van der Waals surface area contributed by atoms with Crippen LogP contribution in [0, 0.1) is 5.92 Å². The van der Waals surface area contributed by atoms with Crippen LogP contribution in [0.1, 0.15) is 23.8 Å². The Balaban J connectivity index is 2.18. The number of halogens is 1. The predicted octanol–water partition coefficient (Wildman–Crippen LogP) is 3.11. The lowest BCUT2D eigenvalue weighted by Crippen LogP contribution is -2.39. The SMILES string of the molecule is CNCC1CCCN(C)C1c1ccc(Br)s1. The molecule has 0 bridgehead atoms. The summed E-state index contributed by atoms with van der Waals surface area (Å²) in [6, 6.07) is 5.03. The van der Waals surface area contributed by atoms with E-state index in [4.69, 9.17) is 0 Å². The Morgan fingerprint density at radius 3 is 3.00 bits per heavy atom. The van der Waals surface area contributed by atoms with E-state index in [1.807, 2.05) is 11.3 Å². The molecule has 1 aliphatic heterocycles. The lowest BCUT2D eigenvalue weighted by Gasteiger charge is -2.38. The molecule has 0 saturated carbocycles. The van der Waals surface area contributed by atoms with Gasteiger partial charge in [-0.25, -0.2) is 0 Å². The Morgan fingerprint density at radius 2 is 2.38 bits per heavy atom. The van der Waals surface area contributed by atoms with Crippen LogP contribution in [-0.4, -0.2) is 32.1 Å². The predicted molar refractivity (Wildman–Crippen MR) is 74.0 cm³/mol. The van der Waals surface area contributed by atoms with Gasteiger partial charge in [-0.2, -0.15) is 0 Å². The van der Waals surface area contributed by atoms with Crippen molar-refractivity contribution in [3.05, 3.63) is 20.8 Å². The van der Waals surface area contributed by atoms with Crippen molar-refractivity contribution in [1.82, 2.24) is 10.2 Å². The minimum Gasteiger partial charge on any atom is -0.319 e. The first-order valence-corrected chi connectivity index (χ1v) is 7.43. The van der Waals surface area contributed by atoms with Gasteiger partial charge in [0, 0.05) is 10.9 Å². The van der Waals surface area contributed by atoms with Gasteiger partial charge < -0.3 is 5.32 Å². The number of likely N-dealkylation sites (tertiary alicyclic amines) is 1. The summed E-state index contributed by atoms with van der Waals surface area (Å²) in [6.07, 6.45) is 2.66. The van der Waals surface area contributed by atoms with Crippen molar-refractivity contribution in [2.24, 2.45) is 5.92 Å². The smallest absolute Gasteiger partial charge is 0.0701 e. The molecule has 0 spiro atoms. The third-order valence-corrected chi connectivity index (χ3v) is 5.05. The lowest BCUT2D eigenvalue weighted by atomic mass is 9.88. The van der Waals surface area contributed by atoms with Crippen LogP contribution >= 0.6 is 27.3 Å². The van der Waals surface area contributed by atoms with E-state index in [2.05, 4.69) is 52.4 Å². The van der Waals surface area contributed by atoms with E-state index in [-0.39, 0.29) is 0 Å². The topological polar surface area (TPSA) is 15.3 Å². The molecule has 1 aromatic rings. The molecule has 1 saturated heterocycles. The first-order valence-electron chi connectivity index (χ1n) is 5.82. The summed E-state index contributed by atoms with van der Waals surface area (Å²) in [4.78, 5) is 4.00. The van der Waals surface area contributed by atoms with Crippen molar-refractivity contribution in [2.75, 3.05) is 27.2 Å². The number of hydrogen-bond donors (Lipinski definition) is 1. The Labute approximate surface area is 110 Å². The number of piperidine rings is 1. The summed E-state index contributed by atoms with van der Waals surface area (Å²) in [5.74, 6) is 0.745. The van der Waals surface area contributed by atoms with Crippen LogP contribution in [0.3, 0.4) is 0 Å². The van der Waals surface area contributed by atoms with Gasteiger partial charge in [-0.05, 0) is 74.0 Å². The second kappa shape index (κ2) is 5.63. The highest BCUT2D eigenvalue weighted by atomic mass is 79.9. The molecule has 1 aromatic heterocycles. The molecule has 2 atom stereocenters. The molecule has 1 N–H and O–H groups in total. The first kappa shape index (κ1) is 12.6. The van der Waals surface area contributed by atoms with E-state index in [0.717, 1.165) is 12.5 Å². The average Bonchev–Trinajstić information content (AvgIpc) is 2.65. The van der Waals surface area contributed by atoms with Crippen LogP contribution in [0.15, 0.2) is 15.9 Å². The molecule has 0 aromatic carbocycles. The van der Waals surface area contributed by atoms with Crippen LogP contribution in [0.5, 0.6) is 0 Å². The van der Waals surface area contributed by atoms with E-state index in [1.165, 1.54) is 28.0 Å². The van der Waals surface area contributed by atoms with Gasteiger partial charge >= 0.3 is 0 Å². The quantitative estimate of drug-likeness (QED) is 0.923. The van der Waals surface area contributed by atoms with E-state index in [0.29, 0.717) is 6.04 Å². The van der Waals surface area contributed by atoms with E-state index < -0.39 is 0 Å². The van der Waals surface area contributed by atoms with Crippen LogP contribution in [-0.2, 0) is 0 Å². The lowest BCUT2D eigenvalue weighted by molar-refractivity contribution is 0.123. The van der Waals surface area contributed by atoms with Gasteiger partial charge in [0.15, 0.2) is 0 Å². The molecule has 2 rings (SSSR count). The molecular weight excluding hydrogens is 284 g/mol. The van der Waals surface area contributed by atoms with E-state index in [9.17, 15) is 0 Å². The van der Waals surface area contributed by atoms with Crippen molar-refractivity contribution < 1.29 is 0 Å². The van der Waals surface area contributed by atoms with Crippen LogP contribution in [0.2, 0.25) is 0 Å². The minimum absolute atomic E-state index is 0.595. The highest BCUT2D eigenvalue weighted by molar-refractivity contribution is 9.11. The van der Waals surface area contributed by atoms with Crippen LogP contribution < -0.4 is 5.32 Å². The van der Waals surface area contributed by atoms with Crippen molar-refractivity contribution in [1.29, 1.82) is 0 Å². The maximum Gasteiger partial charge on any atom is 0.0701 e. The van der Waals surface area contributed by atoms with Gasteiger partial charge in [0.25, 0.3) is 0 Å². The fourth-order valence-corrected chi connectivity index (χ4v) is 4.36. The van der Waals surface area contributed by atoms with Crippen LogP contribution in [0.25, 0.3) is 0 Å². The van der Waals surface area contributed by atoms with Crippen LogP contribution in [0.4, 0.5) is 0 Å². The molecule has 2 unspecified atom stereocenters. The number of thiophene rings is 1. The van der Waals surface area contributed by atoms with Crippen molar-refractivity contribution >= 4 is 27.3 Å². The number of nitrogens with zero attached hydrogens (tertiary/aromatic N) is 1. The van der Waals surface area contributed by atoms with Gasteiger partial charge in [-0.3, -0.25) is 4.90 Å². The zero-order valence-electron chi connectivity index (χ0n) is 9.87. The molecule has 1 aliphatic rings. The third kappa shape index (κ3) is 2.67. The van der Waals surface area contributed by atoms with E-state index in [1.54, 1.807) is 0 Å². The Kier molecular flexibility index (Phi) is 4.41. The maximum atomic E-state index is 3.56. The summed E-state index contributed by atoms with van der Waals surface area (Å²) < 4.78 is 1.24. The Hall–Kier alpha value is 0.1000. The molecule has 0 radical (unpaired) electrons. The summed E-state index contributed by atoms with van der Waals surface area (Å²) in [5, 5.41) is 3.33. The highest BCUT2D eigenvalue weighted by Gasteiger charge is 2.30. The molecule has 1 fully saturated rings. The summed E-state index contributed by atoms with van der Waals surface area (Å²) in [6.45, 7) is 2.34. The Bertz CT molecular complexity index is 338. The fraction of sp³-hybridized carbons (Fsp3) is 0.667. The summed E-state index contributed by atoms with van der Waals surface area (Å²) in [7, 11) is 4.30. The third-order valence-electron chi connectivity index (χ3n) is 3.36. The molecule has 0 amide bonds. The molecule has 2 heterocycles. The number of hydrogen-bond acceptors (Lipinski definition) is 3. The highest BCUT2D eigenvalue weighted by Crippen LogP contribution is 2.39. The van der Waals surface area contributed by atoms with Gasteiger partial charge in [0.1, 0.15) is 0 Å². The molecular formula is C12H19BrN2S. The molecule has 4 heteroatoms. The minimum atomic E-state index is 0.595. The van der Waals surface area contributed by atoms with Gasteiger partial charge in [-0.15, -0.1) is 11.3 Å². The number of nitrogens with one attached hydrogen (secondary N) is 1. The molecule has 90 valence electrons. The zero-order valence-corrected chi connectivity index (χ0v) is 12.3. The molecule has 16 heavy (non-hydrogen) atoms. The largest absolute Gasteiger partial charge is 0.319 e. The molecule has 2 nitrogen and oxygen atoms in total. The first-order chi connectivity index (χ1) is 7.72. The standard InChI is InChI=1S/C12H19BrN2S/c1-14-8-9-4-3-7-15(2)12(9)10-5-6-11(13)16-10/h5-6,9,12,14H,3-4,7-8H2,1-2H3. The maximum absolute atomic E-state index is 3.56. The zero-order chi connectivity index (χ0) is 11.5. The second-order valence-corrected chi connectivity index (χ2v) is 7.02. The molecule has 0 aliphatic carbocycles. The van der Waals surface area contributed by atoms with Crippen molar-refractivity contribution in [3.63, 3.8) is 0 Å². The Morgan fingerprint density at radius 1 is 1.56 bits per heavy atom.